The minimum absolute atomic E-state index is 0.0175. The van der Waals surface area contributed by atoms with Crippen molar-refractivity contribution in [1.29, 1.82) is 0 Å². The number of aromatic hydroxyl groups is 2. The van der Waals surface area contributed by atoms with Gasteiger partial charge in [0.15, 0.2) is 5.43 Å². The van der Waals surface area contributed by atoms with Crippen molar-refractivity contribution in [2.24, 2.45) is 17.2 Å². The highest BCUT2D eigenvalue weighted by Crippen LogP contribution is 2.39. The summed E-state index contributed by atoms with van der Waals surface area (Å²) in [7, 11) is 0. The van der Waals surface area contributed by atoms with Crippen LogP contribution in [0.5, 0.6) is 11.5 Å². The molecule has 0 saturated carbocycles. The van der Waals surface area contributed by atoms with E-state index in [1.165, 1.54) is 12.1 Å². The van der Waals surface area contributed by atoms with Crippen LogP contribution in [0.4, 0.5) is 0 Å². The van der Waals surface area contributed by atoms with Crippen LogP contribution in [0.25, 0.3) is 22.5 Å². The van der Waals surface area contributed by atoms with Crippen molar-refractivity contribution < 1.29 is 10.2 Å². The van der Waals surface area contributed by atoms with E-state index in [1.54, 1.807) is 10.6 Å². The van der Waals surface area contributed by atoms with Crippen molar-refractivity contribution in [3.05, 3.63) is 45.3 Å². The smallest absolute Gasteiger partial charge is 0.199 e. The zero-order valence-corrected chi connectivity index (χ0v) is 15.3. The number of pyridine rings is 1. The molecule has 0 amide bonds. The highest BCUT2D eigenvalue weighted by molar-refractivity contribution is 5.96. The second-order valence-electron chi connectivity index (χ2n) is 7.10. The normalized spacial score (nSPS) is 18.4. The van der Waals surface area contributed by atoms with Gasteiger partial charge in [0.25, 0.3) is 0 Å². The second kappa shape index (κ2) is 6.64. The van der Waals surface area contributed by atoms with Crippen LogP contribution in [0.15, 0.2) is 23.0 Å². The third-order valence-corrected chi connectivity index (χ3v) is 5.29. The molecule has 9 nitrogen and oxygen atoms in total. The molecule has 2 aromatic heterocycles. The molecule has 0 bridgehead atoms. The summed E-state index contributed by atoms with van der Waals surface area (Å²) in [5.41, 5.74) is 19.2. The van der Waals surface area contributed by atoms with Gasteiger partial charge in [0.1, 0.15) is 17.0 Å². The lowest BCUT2D eigenvalue weighted by molar-refractivity contribution is 0.466. The third-order valence-electron chi connectivity index (χ3n) is 5.29. The molecule has 1 aliphatic rings. The summed E-state index contributed by atoms with van der Waals surface area (Å²) in [6, 6.07) is 2.65. The number of fused-ring (bicyclic) bond motifs is 2. The molecular formula is C19H24N6O3. The van der Waals surface area contributed by atoms with Gasteiger partial charge in [0.2, 0.25) is 0 Å². The Morgan fingerprint density at radius 3 is 2.61 bits per heavy atom. The number of benzene rings is 1. The van der Waals surface area contributed by atoms with E-state index in [1.807, 2.05) is 6.08 Å². The fourth-order valence-corrected chi connectivity index (χ4v) is 4.00. The highest BCUT2D eigenvalue weighted by atomic mass is 16.3. The van der Waals surface area contributed by atoms with Gasteiger partial charge in [-0.2, -0.15) is 0 Å². The monoisotopic (exact) mass is 384 g/mol. The summed E-state index contributed by atoms with van der Waals surface area (Å²) in [5.74, 6) is -0.334. The van der Waals surface area contributed by atoms with E-state index in [9.17, 15) is 15.0 Å². The molecule has 1 aromatic carbocycles. The molecule has 28 heavy (non-hydrogen) atoms. The topological polar surface area (TPSA) is 168 Å². The zero-order chi connectivity index (χ0) is 20.1. The second-order valence-corrected chi connectivity index (χ2v) is 7.10. The first-order chi connectivity index (χ1) is 13.4. The van der Waals surface area contributed by atoms with Crippen LogP contribution in [0.1, 0.15) is 23.2 Å². The SMILES string of the molecule is NCCNCc1[nH]n2c3c1C=CC(N)(CCN)c3c(=O)c1c(O)ccc(O)c12. The molecule has 1 aliphatic carbocycles. The Balaban J connectivity index is 2.14. The summed E-state index contributed by atoms with van der Waals surface area (Å²) in [4.78, 5) is 13.4. The number of nitrogens with zero attached hydrogens (tertiary/aromatic N) is 1. The minimum Gasteiger partial charge on any atom is -0.507 e. The fraction of sp³-hybridized carbons (Fsp3) is 0.316. The minimum atomic E-state index is -1.07. The van der Waals surface area contributed by atoms with Gasteiger partial charge in [0, 0.05) is 25.2 Å². The van der Waals surface area contributed by atoms with Crippen LogP contribution in [0, 0.1) is 0 Å². The summed E-state index contributed by atoms with van der Waals surface area (Å²) in [6.45, 7) is 1.90. The van der Waals surface area contributed by atoms with E-state index in [4.69, 9.17) is 17.2 Å². The Bertz CT molecular complexity index is 1160. The van der Waals surface area contributed by atoms with Crippen LogP contribution in [0.2, 0.25) is 0 Å². The first-order valence-electron chi connectivity index (χ1n) is 9.16. The summed E-state index contributed by atoms with van der Waals surface area (Å²) < 4.78 is 1.62. The molecule has 0 spiro atoms. The largest absolute Gasteiger partial charge is 0.507 e. The summed E-state index contributed by atoms with van der Waals surface area (Å²) in [5, 5.41) is 27.3. The van der Waals surface area contributed by atoms with Gasteiger partial charge < -0.3 is 32.7 Å². The van der Waals surface area contributed by atoms with Gasteiger partial charge >= 0.3 is 0 Å². The molecule has 0 aliphatic heterocycles. The maximum atomic E-state index is 13.4. The Hall–Kier alpha value is -2.85. The van der Waals surface area contributed by atoms with Crippen molar-refractivity contribution in [1.82, 2.24) is 14.9 Å². The van der Waals surface area contributed by atoms with Crippen molar-refractivity contribution in [3.8, 4) is 11.5 Å². The average molecular weight is 384 g/mol. The number of rotatable bonds is 6. The lowest BCUT2D eigenvalue weighted by atomic mass is 9.81. The number of nitrogens with one attached hydrogen (secondary N) is 2. The maximum absolute atomic E-state index is 13.4. The molecule has 0 radical (unpaired) electrons. The Morgan fingerprint density at radius 1 is 1.14 bits per heavy atom. The number of nitrogens with two attached hydrogens (primary N) is 3. The maximum Gasteiger partial charge on any atom is 0.199 e. The van der Waals surface area contributed by atoms with Gasteiger partial charge in [-0.3, -0.25) is 14.4 Å². The van der Waals surface area contributed by atoms with Gasteiger partial charge in [0.05, 0.1) is 27.7 Å². The average Bonchev–Trinajstić information content (AvgIpc) is 3.01. The van der Waals surface area contributed by atoms with Crippen molar-refractivity contribution in [3.63, 3.8) is 0 Å². The van der Waals surface area contributed by atoms with Crippen LogP contribution in [0.3, 0.4) is 0 Å². The number of hydrogen-bond acceptors (Lipinski definition) is 7. The molecule has 1 unspecified atom stereocenters. The summed E-state index contributed by atoms with van der Waals surface area (Å²) >= 11 is 0. The Labute approximate surface area is 160 Å². The van der Waals surface area contributed by atoms with Crippen LogP contribution >= 0.6 is 0 Å². The van der Waals surface area contributed by atoms with Gasteiger partial charge in [-0.1, -0.05) is 12.2 Å². The van der Waals surface area contributed by atoms with E-state index in [-0.39, 0.29) is 22.4 Å². The summed E-state index contributed by atoms with van der Waals surface area (Å²) in [6.07, 6.45) is 4.02. The molecule has 2 heterocycles. The predicted molar refractivity (Wildman–Crippen MR) is 108 cm³/mol. The number of aromatic amines is 1. The number of H-pyrrole nitrogens is 1. The van der Waals surface area contributed by atoms with Gasteiger partial charge in [-0.05, 0) is 25.1 Å². The number of phenols is 2. The number of hydrogen-bond donors (Lipinski definition) is 7. The molecule has 4 rings (SSSR count). The van der Waals surface area contributed by atoms with E-state index >= 15 is 0 Å². The van der Waals surface area contributed by atoms with E-state index < -0.39 is 11.0 Å². The van der Waals surface area contributed by atoms with Crippen LogP contribution in [-0.2, 0) is 12.1 Å². The quantitative estimate of drug-likeness (QED) is 0.227. The molecule has 1 atom stereocenters. The lowest BCUT2D eigenvalue weighted by Crippen LogP contribution is -2.42. The van der Waals surface area contributed by atoms with Crippen molar-refractivity contribution in [2.45, 2.75) is 18.5 Å². The fourth-order valence-electron chi connectivity index (χ4n) is 4.00. The van der Waals surface area contributed by atoms with Gasteiger partial charge in [-0.15, -0.1) is 0 Å². The Kier molecular flexibility index (Phi) is 4.39. The highest BCUT2D eigenvalue weighted by Gasteiger charge is 2.36. The molecule has 3 aromatic rings. The van der Waals surface area contributed by atoms with Crippen LogP contribution < -0.4 is 27.9 Å². The van der Waals surface area contributed by atoms with Crippen molar-refractivity contribution in [2.75, 3.05) is 19.6 Å². The molecule has 10 N–H and O–H groups in total. The van der Waals surface area contributed by atoms with Crippen molar-refractivity contribution >= 4 is 22.5 Å². The zero-order valence-electron chi connectivity index (χ0n) is 15.3. The molecule has 0 fully saturated rings. The van der Waals surface area contributed by atoms with Gasteiger partial charge in [-0.25, -0.2) is 0 Å². The standard InChI is InChI=1S/C19H24N6O3/c20-6-5-19(22)4-3-10-11(9-23-8-7-21)24-25-16(10)15(19)18(28)14-12(26)1-2-13(27)17(14)25/h1-4,23-24,26-27H,5-9,20-22H2. The third kappa shape index (κ3) is 2.52. The van der Waals surface area contributed by atoms with E-state index in [0.29, 0.717) is 43.7 Å². The number of aromatic nitrogens is 2. The predicted octanol–water partition coefficient (Wildman–Crippen LogP) is -0.230. The first-order valence-corrected chi connectivity index (χ1v) is 9.16. The number of phenolic OH excluding ortho intramolecular Hbond substituents is 2. The van der Waals surface area contributed by atoms with Crippen LogP contribution in [-0.4, -0.2) is 39.5 Å². The van der Waals surface area contributed by atoms with E-state index in [2.05, 4.69) is 10.4 Å². The molecule has 0 saturated heterocycles. The molecular weight excluding hydrogens is 360 g/mol. The Morgan fingerprint density at radius 2 is 1.89 bits per heavy atom. The molecule has 9 heteroatoms. The lowest BCUT2D eigenvalue weighted by Gasteiger charge is -2.29. The van der Waals surface area contributed by atoms with E-state index in [0.717, 1.165) is 11.3 Å². The molecule has 148 valence electrons. The first kappa shape index (κ1) is 18.5.